The van der Waals surface area contributed by atoms with Gasteiger partial charge in [0.1, 0.15) is 5.60 Å². The Labute approximate surface area is 103 Å². The number of nitrogens with one attached hydrogen (secondary N) is 1. The fraction of sp³-hybridized carbons (Fsp3) is 0.615. The van der Waals surface area contributed by atoms with E-state index in [9.17, 15) is 4.79 Å². The molecule has 1 aliphatic rings. The van der Waals surface area contributed by atoms with Crippen LogP contribution in [0.2, 0.25) is 0 Å². The molecule has 0 spiro atoms. The van der Waals surface area contributed by atoms with Crippen LogP contribution >= 0.6 is 0 Å². The van der Waals surface area contributed by atoms with Crippen LogP contribution in [-0.2, 0) is 4.74 Å². The number of carbonyl (C=O) groups excluding carboxylic acids is 1. The molecule has 0 bridgehead atoms. The minimum Gasteiger partial charge on any atom is -0.444 e. The van der Waals surface area contributed by atoms with Gasteiger partial charge in [-0.3, -0.25) is 0 Å². The maximum Gasteiger partial charge on any atom is 0.407 e. The quantitative estimate of drug-likeness (QED) is 0.776. The Kier molecular flexibility index (Phi) is 4.21. The van der Waals surface area contributed by atoms with E-state index in [0.717, 1.165) is 17.7 Å². The highest BCUT2D eigenvalue weighted by Crippen LogP contribution is 2.21. The molecular formula is C13H22N2O2. The minimum atomic E-state index is -0.463. The van der Waals surface area contributed by atoms with Crippen molar-refractivity contribution in [3.63, 3.8) is 0 Å². The van der Waals surface area contributed by atoms with Crippen molar-refractivity contribution < 1.29 is 9.53 Å². The van der Waals surface area contributed by atoms with Crippen molar-refractivity contribution in [1.29, 1.82) is 0 Å². The van der Waals surface area contributed by atoms with Gasteiger partial charge < -0.3 is 15.8 Å². The van der Waals surface area contributed by atoms with E-state index >= 15 is 0 Å². The van der Waals surface area contributed by atoms with Crippen LogP contribution in [0.1, 0.15) is 34.1 Å². The molecule has 0 aliphatic heterocycles. The Morgan fingerprint density at radius 1 is 1.59 bits per heavy atom. The monoisotopic (exact) mass is 238 g/mol. The molecule has 0 aromatic heterocycles. The molecular weight excluding hydrogens is 216 g/mol. The van der Waals surface area contributed by atoms with Gasteiger partial charge in [-0.2, -0.15) is 0 Å². The topological polar surface area (TPSA) is 64.3 Å². The van der Waals surface area contributed by atoms with E-state index in [2.05, 4.69) is 12.2 Å². The van der Waals surface area contributed by atoms with Crippen molar-refractivity contribution in [2.24, 2.45) is 11.7 Å². The van der Waals surface area contributed by atoms with Gasteiger partial charge in [-0.1, -0.05) is 13.0 Å². The number of hydrogen-bond acceptors (Lipinski definition) is 3. The maximum absolute atomic E-state index is 11.5. The molecule has 0 saturated carbocycles. The zero-order chi connectivity index (χ0) is 13.1. The normalized spacial score (nSPS) is 20.4. The molecule has 96 valence electrons. The lowest BCUT2D eigenvalue weighted by Gasteiger charge is -2.22. The smallest absolute Gasteiger partial charge is 0.407 e. The third-order valence-electron chi connectivity index (χ3n) is 2.53. The summed E-state index contributed by atoms with van der Waals surface area (Å²) >= 11 is 0. The van der Waals surface area contributed by atoms with Gasteiger partial charge in [0.25, 0.3) is 0 Å². The molecule has 0 saturated heterocycles. The zero-order valence-electron chi connectivity index (χ0n) is 11.0. The molecule has 1 unspecified atom stereocenters. The number of amides is 1. The van der Waals surface area contributed by atoms with E-state index in [4.69, 9.17) is 10.5 Å². The molecule has 1 atom stereocenters. The summed E-state index contributed by atoms with van der Waals surface area (Å²) in [6, 6.07) is 0. The maximum atomic E-state index is 11.5. The van der Waals surface area contributed by atoms with Crippen molar-refractivity contribution in [3.8, 4) is 0 Å². The van der Waals surface area contributed by atoms with Crippen molar-refractivity contribution >= 4 is 6.09 Å². The van der Waals surface area contributed by atoms with Gasteiger partial charge in [-0.05, 0) is 44.8 Å². The number of alkyl carbamates (subject to hydrolysis) is 1. The molecule has 17 heavy (non-hydrogen) atoms. The first kappa shape index (κ1) is 13.6. The van der Waals surface area contributed by atoms with Crippen LogP contribution < -0.4 is 11.1 Å². The van der Waals surface area contributed by atoms with E-state index < -0.39 is 11.7 Å². The number of rotatable bonds is 2. The standard InChI is InChI=1S/C13H22N2O2/c1-9-5-6-11(14)7-10(9)8-15-12(16)17-13(2,3)4/h6-7,9H,5,8,14H2,1-4H3,(H,15,16). The Morgan fingerprint density at radius 2 is 2.24 bits per heavy atom. The van der Waals surface area contributed by atoms with Crippen LogP contribution in [0.4, 0.5) is 4.79 Å². The van der Waals surface area contributed by atoms with Gasteiger partial charge in [0.05, 0.1) is 0 Å². The molecule has 0 heterocycles. The van der Waals surface area contributed by atoms with E-state index in [1.165, 1.54) is 0 Å². The van der Waals surface area contributed by atoms with E-state index in [1.807, 2.05) is 32.9 Å². The number of carbonyl (C=O) groups is 1. The first-order valence-electron chi connectivity index (χ1n) is 5.91. The van der Waals surface area contributed by atoms with Crippen LogP contribution in [0.15, 0.2) is 23.4 Å². The molecule has 0 aromatic carbocycles. The Balaban J connectivity index is 2.45. The summed E-state index contributed by atoms with van der Waals surface area (Å²) in [4.78, 5) is 11.5. The lowest BCUT2D eigenvalue weighted by molar-refractivity contribution is 0.0531. The minimum absolute atomic E-state index is 0.390. The average Bonchev–Trinajstić information content (AvgIpc) is 2.17. The predicted octanol–water partition coefficient (Wildman–Crippen LogP) is 2.32. The number of nitrogens with two attached hydrogens (primary N) is 1. The summed E-state index contributed by atoms with van der Waals surface area (Å²) in [5.41, 5.74) is 7.18. The summed E-state index contributed by atoms with van der Waals surface area (Å²) in [7, 11) is 0. The largest absolute Gasteiger partial charge is 0.444 e. The number of ether oxygens (including phenoxy) is 1. The lowest BCUT2D eigenvalue weighted by Crippen LogP contribution is -2.34. The third kappa shape index (κ3) is 4.93. The Morgan fingerprint density at radius 3 is 2.82 bits per heavy atom. The SMILES string of the molecule is CC1CC=C(N)C=C1CNC(=O)OC(C)(C)C. The summed E-state index contributed by atoms with van der Waals surface area (Å²) in [6.45, 7) is 8.14. The lowest BCUT2D eigenvalue weighted by atomic mass is 9.92. The fourth-order valence-corrected chi connectivity index (χ4v) is 1.59. The Hall–Kier alpha value is -1.45. The summed E-state index contributed by atoms with van der Waals surface area (Å²) in [6.07, 6.45) is 4.46. The van der Waals surface area contributed by atoms with Crippen molar-refractivity contribution in [2.45, 2.75) is 39.7 Å². The van der Waals surface area contributed by atoms with Crippen LogP contribution in [-0.4, -0.2) is 18.2 Å². The van der Waals surface area contributed by atoms with E-state index in [0.29, 0.717) is 12.5 Å². The van der Waals surface area contributed by atoms with Gasteiger partial charge in [0.15, 0.2) is 0 Å². The molecule has 1 amide bonds. The molecule has 4 heteroatoms. The van der Waals surface area contributed by atoms with E-state index in [-0.39, 0.29) is 0 Å². The first-order valence-corrected chi connectivity index (χ1v) is 5.91. The molecule has 0 radical (unpaired) electrons. The molecule has 3 N–H and O–H groups in total. The van der Waals surface area contributed by atoms with Crippen molar-refractivity contribution in [2.75, 3.05) is 6.54 Å². The van der Waals surface area contributed by atoms with Crippen LogP contribution in [0.25, 0.3) is 0 Å². The predicted molar refractivity (Wildman–Crippen MR) is 68.4 cm³/mol. The second kappa shape index (κ2) is 5.25. The van der Waals surface area contributed by atoms with Gasteiger partial charge in [0, 0.05) is 12.2 Å². The summed E-state index contributed by atoms with van der Waals surface area (Å²) in [5.74, 6) is 0.414. The molecule has 1 rings (SSSR count). The fourth-order valence-electron chi connectivity index (χ4n) is 1.59. The summed E-state index contributed by atoms with van der Waals surface area (Å²) < 4.78 is 5.17. The van der Waals surface area contributed by atoms with Crippen molar-refractivity contribution in [3.05, 3.63) is 23.4 Å². The van der Waals surface area contributed by atoms with Gasteiger partial charge in [-0.25, -0.2) is 4.79 Å². The zero-order valence-corrected chi connectivity index (χ0v) is 11.0. The second-order valence-corrected chi connectivity index (χ2v) is 5.42. The van der Waals surface area contributed by atoms with Gasteiger partial charge in [0.2, 0.25) is 0 Å². The third-order valence-corrected chi connectivity index (χ3v) is 2.53. The Bertz CT molecular complexity index is 351. The van der Waals surface area contributed by atoms with E-state index in [1.54, 1.807) is 0 Å². The highest BCUT2D eigenvalue weighted by Gasteiger charge is 2.17. The molecule has 0 aromatic rings. The average molecular weight is 238 g/mol. The second-order valence-electron chi connectivity index (χ2n) is 5.42. The van der Waals surface area contributed by atoms with Gasteiger partial charge >= 0.3 is 6.09 Å². The van der Waals surface area contributed by atoms with Crippen LogP contribution in [0.5, 0.6) is 0 Å². The molecule has 0 fully saturated rings. The number of allylic oxidation sites excluding steroid dienone is 2. The van der Waals surface area contributed by atoms with Crippen LogP contribution in [0, 0.1) is 5.92 Å². The van der Waals surface area contributed by atoms with Crippen molar-refractivity contribution in [1.82, 2.24) is 5.32 Å². The summed E-state index contributed by atoms with van der Waals surface area (Å²) in [5, 5.41) is 2.75. The molecule has 4 nitrogen and oxygen atoms in total. The van der Waals surface area contributed by atoms with Crippen LogP contribution in [0.3, 0.4) is 0 Å². The van der Waals surface area contributed by atoms with Gasteiger partial charge in [-0.15, -0.1) is 0 Å². The highest BCUT2D eigenvalue weighted by molar-refractivity contribution is 5.68. The number of hydrogen-bond donors (Lipinski definition) is 2. The first-order chi connectivity index (χ1) is 7.78. The molecule has 1 aliphatic carbocycles. The highest BCUT2D eigenvalue weighted by atomic mass is 16.6.